The van der Waals surface area contributed by atoms with Gasteiger partial charge in [0.15, 0.2) is 5.96 Å². The predicted octanol–water partition coefficient (Wildman–Crippen LogP) is 2.47. The fraction of sp³-hybridized carbons (Fsp3) is 0.278. The second-order valence-electron chi connectivity index (χ2n) is 5.52. The maximum absolute atomic E-state index is 11.9. The van der Waals surface area contributed by atoms with Gasteiger partial charge < -0.3 is 11.1 Å². The van der Waals surface area contributed by atoms with Gasteiger partial charge in [0.2, 0.25) is 10.0 Å². The molecule has 134 valence electrons. The highest BCUT2D eigenvalue weighted by atomic mass is 32.2. The normalized spacial score (nSPS) is 12.2. The average molecular weight is 360 g/mol. The van der Waals surface area contributed by atoms with E-state index in [1.165, 1.54) is 5.56 Å². The van der Waals surface area contributed by atoms with E-state index in [-0.39, 0.29) is 4.90 Å². The number of rotatable bonds is 7. The number of aryl methyl sites for hydroxylation is 1. The Hall–Kier alpha value is -2.38. The second-order valence-corrected chi connectivity index (χ2v) is 7.29. The Kier molecular flexibility index (Phi) is 6.55. The number of nitrogens with two attached hydrogens (primary N) is 1. The van der Waals surface area contributed by atoms with Crippen molar-refractivity contribution in [2.75, 3.05) is 11.9 Å². The van der Waals surface area contributed by atoms with Crippen LogP contribution in [-0.4, -0.2) is 20.9 Å². The van der Waals surface area contributed by atoms with Gasteiger partial charge in [0.25, 0.3) is 0 Å². The first-order valence-electron chi connectivity index (χ1n) is 8.19. The van der Waals surface area contributed by atoms with Crippen molar-refractivity contribution >= 4 is 21.7 Å². The smallest absolute Gasteiger partial charge is 0.240 e. The molecule has 0 saturated carbocycles. The van der Waals surface area contributed by atoms with Gasteiger partial charge >= 0.3 is 0 Å². The van der Waals surface area contributed by atoms with Gasteiger partial charge in [-0.3, -0.25) is 0 Å². The largest absolute Gasteiger partial charge is 0.370 e. The lowest BCUT2D eigenvalue weighted by Gasteiger charge is -2.07. The summed E-state index contributed by atoms with van der Waals surface area (Å²) in [4.78, 5) is 4.52. The number of nitrogens with one attached hydrogen (secondary N) is 2. The lowest BCUT2D eigenvalue weighted by molar-refractivity contribution is 0.584. The summed E-state index contributed by atoms with van der Waals surface area (Å²) >= 11 is 0. The lowest BCUT2D eigenvalue weighted by atomic mass is 10.1. The van der Waals surface area contributed by atoms with Crippen LogP contribution in [0.2, 0.25) is 0 Å². The van der Waals surface area contributed by atoms with Crippen molar-refractivity contribution in [3.05, 3.63) is 59.7 Å². The zero-order chi connectivity index (χ0) is 18.3. The molecule has 2 aromatic carbocycles. The summed E-state index contributed by atoms with van der Waals surface area (Å²) in [5, 5.41) is 3.04. The molecule has 0 aliphatic rings. The lowest BCUT2D eigenvalue weighted by Crippen LogP contribution is -2.23. The van der Waals surface area contributed by atoms with E-state index in [0.717, 1.165) is 17.7 Å². The van der Waals surface area contributed by atoms with Crippen LogP contribution in [0.15, 0.2) is 58.4 Å². The molecule has 0 aromatic heterocycles. The minimum atomic E-state index is -3.43. The van der Waals surface area contributed by atoms with Crippen LogP contribution in [0.5, 0.6) is 0 Å². The van der Waals surface area contributed by atoms with E-state index in [1.807, 2.05) is 24.3 Å². The molecule has 0 radical (unpaired) electrons. The summed E-state index contributed by atoms with van der Waals surface area (Å²) in [6.07, 6.45) is 0.989. The zero-order valence-electron chi connectivity index (χ0n) is 14.5. The Bertz CT molecular complexity index is 813. The molecule has 0 saturated heterocycles. The van der Waals surface area contributed by atoms with E-state index in [2.05, 4.69) is 22.0 Å². The third-order valence-electron chi connectivity index (χ3n) is 3.63. The molecule has 0 bridgehead atoms. The van der Waals surface area contributed by atoms with Crippen LogP contribution in [0.4, 0.5) is 5.69 Å². The maximum atomic E-state index is 11.9. The molecular weight excluding hydrogens is 336 g/mol. The second kappa shape index (κ2) is 8.64. The van der Waals surface area contributed by atoms with Gasteiger partial charge in [-0.25, -0.2) is 18.1 Å². The highest BCUT2D eigenvalue weighted by Crippen LogP contribution is 2.12. The van der Waals surface area contributed by atoms with Crippen LogP contribution >= 0.6 is 0 Å². The van der Waals surface area contributed by atoms with Crippen molar-refractivity contribution in [3.63, 3.8) is 0 Å². The van der Waals surface area contributed by atoms with E-state index in [0.29, 0.717) is 19.0 Å². The van der Waals surface area contributed by atoms with Crippen molar-refractivity contribution < 1.29 is 8.42 Å². The van der Waals surface area contributed by atoms with Crippen LogP contribution in [0, 0.1) is 0 Å². The maximum Gasteiger partial charge on any atom is 0.240 e. The van der Waals surface area contributed by atoms with E-state index in [1.54, 1.807) is 31.2 Å². The van der Waals surface area contributed by atoms with Gasteiger partial charge in [-0.1, -0.05) is 38.1 Å². The first kappa shape index (κ1) is 19.0. The molecule has 0 amide bonds. The van der Waals surface area contributed by atoms with E-state index >= 15 is 0 Å². The molecule has 0 spiro atoms. The van der Waals surface area contributed by atoms with Gasteiger partial charge in [-0.15, -0.1) is 0 Å². The third-order valence-corrected chi connectivity index (χ3v) is 5.20. The minimum Gasteiger partial charge on any atom is -0.370 e. The van der Waals surface area contributed by atoms with Gasteiger partial charge in [0.1, 0.15) is 0 Å². The molecule has 0 aliphatic carbocycles. The van der Waals surface area contributed by atoms with Gasteiger partial charge in [0, 0.05) is 12.2 Å². The molecule has 0 heterocycles. The number of nitrogens with zero attached hydrogens (tertiary/aromatic N) is 1. The Morgan fingerprint density at radius 2 is 1.60 bits per heavy atom. The summed E-state index contributed by atoms with van der Waals surface area (Å²) in [6.45, 7) is 4.57. The zero-order valence-corrected chi connectivity index (χ0v) is 15.3. The third kappa shape index (κ3) is 5.58. The molecule has 0 unspecified atom stereocenters. The Morgan fingerprint density at radius 1 is 1.00 bits per heavy atom. The average Bonchev–Trinajstić information content (AvgIpc) is 2.61. The summed E-state index contributed by atoms with van der Waals surface area (Å²) in [5.41, 5.74) is 8.91. The van der Waals surface area contributed by atoms with Gasteiger partial charge in [-0.05, 0) is 41.8 Å². The number of hydrogen-bond acceptors (Lipinski definition) is 3. The number of guanidine groups is 1. The van der Waals surface area contributed by atoms with E-state index < -0.39 is 10.0 Å². The molecule has 2 rings (SSSR count). The molecule has 25 heavy (non-hydrogen) atoms. The van der Waals surface area contributed by atoms with Crippen molar-refractivity contribution in [1.82, 2.24) is 4.72 Å². The number of sulfonamides is 1. The van der Waals surface area contributed by atoms with Crippen LogP contribution in [-0.2, 0) is 23.0 Å². The van der Waals surface area contributed by atoms with Crippen molar-refractivity contribution in [2.24, 2.45) is 10.7 Å². The number of benzene rings is 2. The van der Waals surface area contributed by atoms with Crippen LogP contribution in [0.3, 0.4) is 0 Å². The Morgan fingerprint density at radius 3 is 2.16 bits per heavy atom. The summed E-state index contributed by atoms with van der Waals surface area (Å²) in [7, 11) is -3.43. The van der Waals surface area contributed by atoms with Crippen molar-refractivity contribution in [3.8, 4) is 0 Å². The van der Waals surface area contributed by atoms with Crippen LogP contribution < -0.4 is 15.8 Å². The van der Waals surface area contributed by atoms with E-state index in [4.69, 9.17) is 5.73 Å². The molecular formula is C18H24N4O2S. The van der Waals surface area contributed by atoms with Crippen molar-refractivity contribution in [2.45, 2.75) is 31.7 Å². The molecule has 4 N–H and O–H groups in total. The predicted molar refractivity (Wildman–Crippen MR) is 102 cm³/mol. The highest BCUT2D eigenvalue weighted by Gasteiger charge is 2.11. The summed E-state index contributed by atoms with van der Waals surface area (Å²) in [6, 6.07) is 14.6. The summed E-state index contributed by atoms with van der Waals surface area (Å²) in [5.74, 6) is 0.314. The Labute approximate surface area is 149 Å². The SMILES string of the molecule is CCNS(=O)(=O)c1ccc(CN=C(N)Nc2ccc(CC)cc2)cc1. The molecule has 6 nitrogen and oxygen atoms in total. The molecule has 7 heteroatoms. The quantitative estimate of drug-likeness (QED) is 0.522. The molecule has 0 fully saturated rings. The Balaban J connectivity index is 1.98. The van der Waals surface area contributed by atoms with Crippen LogP contribution in [0.25, 0.3) is 0 Å². The van der Waals surface area contributed by atoms with Crippen molar-refractivity contribution in [1.29, 1.82) is 0 Å². The highest BCUT2D eigenvalue weighted by molar-refractivity contribution is 7.89. The molecule has 2 aromatic rings. The van der Waals surface area contributed by atoms with Crippen LogP contribution in [0.1, 0.15) is 25.0 Å². The molecule has 0 aliphatic heterocycles. The first-order chi connectivity index (χ1) is 11.9. The fourth-order valence-electron chi connectivity index (χ4n) is 2.24. The van der Waals surface area contributed by atoms with Gasteiger partial charge in [-0.2, -0.15) is 0 Å². The standard InChI is InChI=1S/C18H24N4O2S/c1-3-14-5-9-16(10-6-14)22-18(19)20-13-15-7-11-17(12-8-15)25(23,24)21-4-2/h5-12,21H,3-4,13H2,1-2H3,(H3,19,20,22). The monoisotopic (exact) mass is 360 g/mol. The van der Waals surface area contributed by atoms with Gasteiger partial charge in [0.05, 0.1) is 11.4 Å². The number of aliphatic imine (C=N–C) groups is 1. The molecule has 0 atom stereocenters. The minimum absolute atomic E-state index is 0.240. The number of hydrogen-bond donors (Lipinski definition) is 3. The summed E-state index contributed by atoms with van der Waals surface area (Å²) < 4.78 is 26.2. The van der Waals surface area contributed by atoms with E-state index in [9.17, 15) is 8.42 Å². The number of anilines is 1. The fourth-order valence-corrected chi connectivity index (χ4v) is 3.28. The topological polar surface area (TPSA) is 96.6 Å². The first-order valence-corrected chi connectivity index (χ1v) is 9.67.